The lowest BCUT2D eigenvalue weighted by Crippen LogP contribution is -2.44. The lowest BCUT2D eigenvalue weighted by molar-refractivity contribution is 0.0959. The highest BCUT2D eigenvalue weighted by Crippen LogP contribution is 2.36. The normalized spacial score (nSPS) is 22.2. The highest BCUT2D eigenvalue weighted by molar-refractivity contribution is 6.01. The molecule has 2 saturated heterocycles. The van der Waals surface area contributed by atoms with Gasteiger partial charge in [0.05, 0.1) is 18.5 Å². The minimum Gasteiger partial charge on any atom is -0.381 e. The van der Waals surface area contributed by atoms with Gasteiger partial charge in [0, 0.05) is 61.7 Å². The van der Waals surface area contributed by atoms with Crippen molar-refractivity contribution in [3.8, 4) is 11.1 Å². The molecule has 2 atom stereocenters. The SMILES string of the molecule is CN1CCN(c2ccc(NC3NC(=O)c4cccc(-c5ccnc(C6CCOC6)c5)c43)nc2)CC1. The van der Waals surface area contributed by atoms with Crippen LogP contribution in [0, 0.1) is 0 Å². The second-order valence-electron chi connectivity index (χ2n) is 9.54. The fourth-order valence-electron chi connectivity index (χ4n) is 5.19. The first kappa shape index (κ1) is 22.0. The van der Waals surface area contributed by atoms with Crippen molar-refractivity contribution in [2.24, 2.45) is 0 Å². The molecular formula is C27H30N6O2. The quantitative estimate of drug-likeness (QED) is 0.592. The highest BCUT2D eigenvalue weighted by Gasteiger charge is 2.32. The summed E-state index contributed by atoms with van der Waals surface area (Å²) >= 11 is 0. The summed E-state index contributed by atoms with van der Waals surface area (Å²) in [6.45, 7) is 5.60. The first-order valence-corrected chi connectivity index (χ1v) is 12.3. The number of benzene rings is 1. The Hall–Kier alpha value is -3.49. The number of ether oxygens (including phenoxy) is 1. The second-order valence-corrected chi connectivity index (χ2v) is 9.54. The Kier molecular flexibility index (Phi) is 5.83. The van der Waals surface area contributed by atoms with E-state index in [2.05, 4.69) is 55.6 Å². The van der Waals surface area contributed by atoms with E-state index in [-0.39, 0.29) is 12.1 Å². The van der Waals surface area contributed by atoms with Gasteiger partial charge in [0.2, 0.25) is 0 Å². The van der Waals surface area contributed by atoms with Gasteiger partial charge >= 0.3 is 0 Å². The number of rotatable bonds is 5. The third-order valence-electron chi connectivity index (χ3n) is 7.26. The van der Waals surface area contributed by atoms with Crippen LogP contribution in [0.1, 0.15) is 40.1 Å². The van der Waals surface area contributed by atoms with Crippen molar-refractivity contribution in [1.29, 1.82) is 0 Å². The predicted molar refractivity (Wildman–Crippen MR) is 136 cm³/mol. The molecule has 2 unspecified atom stereocenters. The van der Waals surface area contributed by atoms with Gasteiger partial charge < -0.3 is 25.2 Å². The zero-order chi connectivity index (χ0) is 23.8. The number of carbonyl (C=O) groups excluding carboxylic acids is 1. The molecule has 3 aromatic rings. The largest absolute Gasteiger partial charge is 0.381 e. The molecule has 2 aromatic heterocycles. The van der Waals surface area contributed by atoms with Gasteiger partial charge in [-0.3, -0.25) is 9.78 Å². The third-order valence-corrected chi connectivity index (χ3v) is 7.26. The predicted octanol–water partition coefficient (Wildman–Crippen LogP) is 3.25. The third kappa shape index (κ3) is 4.35. The van der Waals surface area contributed by atoms with Gasteiger partial charge in [-0.15, -0.1) is 0 Å². The van der Waals surface area contributed by atoms with Gasteiger partial charge in [0.1, 0.15) is 12.0 Å². The van der Waals surface area contributed by atoms with Crippen molar-refractivity contribution >= 4 is 17.4 Å². The van der Waals surface area contributed by atoms with E-state index >= 15 is 0 Å². The smallest absolute Gasteiger partial charge is 0.253 e. The number of anilines is 2. The standard InChI is InChI=1S/C27H30N6O2/c1-32-10-12-33(13-11-32)20-5-6-24(29-16-20)30-26-25-21(3-2-4-22(25)27(34)31-26)18-7-9-28-23(15-18)19-8-14-35-17-19/h2-7,9,15-16,19,26H,8,10-14,17H2,1H3,(H,29,30)(H,31,34). The Morgan fingerprint density at radius 1 is 1.06 bits per heavy atom. The van der Waals surface area contributed by atoms with E-state index in [1.54, 1.807) is 0 Å². The maximum absolute atomic E-state index is 12.8. The van der Waals surface area contributed by atoms with Crippen molar-refractivity contribution in [3.63, 3.8) is 0 Å². The average molecular weight is 471 g/mol. The molecule has 0 radical (unpaired) electrons. The first-order valence-electron chi connectivity index (χ1n) is 12.3. The molecule has 5 heterocycles. The topological polar surface area (TPSA) is 82.6 Å². The van der Waals surface area contributed by atoms with Crippen LogP contribution in [0.3, 0.4) is 0 Å². The molecule has 35 heavy (non-hydrogen) atoms. The van der Waals surface area contributed by atoms with Crippen LogP contribution in [0.5, 0.6) is 0 Å². The Labute approximate surface area is 205 Å². The maximum Gasteiger partial charge on any atom is 0.253 e. The monoisotopic (exact) mass is 470 g/mol. The summed E-state index contributed by atoms with van der Waals surface area (Å²) in [5.41, 5.74) is 5.88. The number of piperazine rings is 1. The maximum atomic E-state index is 12.8. The molecule has 0 aliphatic carbocycles. The summed E-state index contributed by atoms with van der Waals surface area (Å²) in [6.07, 6.45) is 4.40. The van der Waals surface area contributed by atoms with Gasteiger partial charge in [-0.1, -0.05) is 12.1 Å². The van der Waals surface area contributed by atoms with Crippen LogP contribution in [-0.4, -0.2) is 67.2 Å². The van der Waals surface area contributed by atoms with E-state index in [0.29, 0.717) is 18.1 Å². The number of likely N-dealkylation sites (N-methyl/N-ethyl adjacent to an activating group) is 1. The molecule has 2 fully saturated rings. The molecule has 8 nitrogen and oxygen atoms in total. The van der Waals surface area contributed by atoms with E-state index < -0.39 is 0 Å². The Morgan fingerprint density at radius 2 is 1.91 bits per heavy atom. The number of nitrogens with one attached hydrogen (secondary N) is 2. The van der Waals surface area contributed by atoms with Gasteiger partial charge in [-0.25, -0.2) is 4.98 Å². The number of amides is 1. The van der Waals surface area contributed by atoms with Crippen LogP contribution in [0.25, 0.3) is 11.1 Å². The second kappa shape index (κ2) is 9.28. The van der Waals surface area contributed by atoms with E-state index in [4.69, 9.17) is 4.74 Å². The van der Waals surface area contributed by atoms with Gasteiger partial charge in [0.25, 0.3) is 5.91 Å². The number of aromatic nitrogens is 2. The number of fused-ring (bicyclic) bond motifs is 1. The van der Waals surface area contributed by atoms with E-state index in [1.165, 1.54) is 0 Å². The highest BCUT2D eigenvalue weighted by atomic mass is 16.5. The lowest BCUT2D eigenvalue weighted by Gasteiger charge is -2.33. The summed E-state index contributed by atoms with van der Waals surface area (Å²) in [5, 5.41) is 6.53. The summed E-state index contributed by atoms with van der Waals surface area (Å²) in [5.74, 6) is 0.977. The molecule has 1 aromatic carbocycles. The van der Waals surface area contributed by atoms with Gasteiger partial charge in [-0.05, 0) is 54.9 Å². The Bertz CT molecular complexity index is 1220. The van der Waals surface area contributed by atoms with Crippen LogP contribution in [0.15, 0.2) is 54.9 Å². The molecule has 3 aliphatic heterocycles. The fraction of sp³-hybridized carbons (Fsp3) is 0.370. The van der Waals surface area contributed by atoms with Crippen molar-refractivity contribution in [3.05, 3.63) is 71.7 Å². The molecule has 8 heteroatoms. The number of hydrogen-bond acceptors (Lipinski definition) is 7. The summed E-state index contributed by atoms with van der Waals surface area (Å²) in [4.78, 5) is 26.8. The van der Waals surface area contributed by atoms with Crippen molar-refractivity contribution in [1.82, 2.24) is 20.2 Å². The van der Waals surface area contributed by atoms with E-state index in [0.717, 1.165) is 73.1 Å². The summed E-state index contributed by atoms with van der Waals surface area (Å²) in [7, 11) is 2.15. The fourth-order valence-corrected chi connectivity index (χ4v) is 5.19. The summed E-state index contributed by atoms with van der Waals surface area (Å²) < 4.78 is 5.56. The van der Waals surface area contributed by atoms with Gasteiger partial charge in [-0.2, -0.15) is 0 Å². The van der Waals surface area contributed by atoms with Crippen molar-refractivity contribution in [2.75, 3.05) is 56.7 Å². The van der Waals surface area contributed by atoms with Crippen molar-refractivity contribution < 1.29 is 9.53 Å². The van der Waals surface area contributed by atoms with E-state index in [1.807, 2.05) is 36.7 Å². The molecular weight excluding hydrogens is 440 g/mol. The number of hydrogen-bond donors (Lipinski definition) is 2. The summed E-state index contributed by atoms with van der Waals surface area (Å²) in [6, 6.07) is 14.1. The molecule has 0 saturated carbocycles. The molecule has 3 aliphatic rings. The molecule has 6 rings (SSSR count). The Morgan fingerprint density at radius 3 is 2.69 bits per heavy atom. The molecule has 1 amide bonds. The lowest BCUT2D eigenvalue weighted by atomic mass is 9.94. The zero-order valence-corrected chi connectivity index (χ0v) is 19.9. The minimum atomic E-state index is -0.359. The first-order chi connectivity index (χ1) is 17.2. The van der Waals surface area contributed by atoms with E-state index in [9.17, 15) is 4.79 Å². The van der Waals surface area contributed by atoms with Crippen LogP contribution < -0.4 is 15.5 Å². The number of nitrogens with zero attached hydrogens (tertiary/aromatic N) is 4. The molecule has 180 valence electrons. The van der Waals surface area contributed by atoms with Crippen LogP contribution in [0.4, 0.5) is 11.5 Å². The van der Waals surface area contributed by atoms with Crippen LogP contribution >= 0.6 is 0 Å². The van der Waals surface area contributed by atoms with Crippen LogP contribution in [-0.2, 0) is 4.74 Å². The van der Waals surface area contributed by atoms with Gasteiger partial charge in [0.15, 0.2) is 0 Å². The number of pyridine rings is 2. The molecule has 2 N–H and O–H groups in total. The minimum absolute atomic E-state index is 0.0770. The van der Waals surface area contributed by atoms with Crippen LogP contribution in [0.2, 0.25) is 0 Å². The van der Waals surface area contributed by atoms with Crippen molar-refractivity contribution in [2.45, 2.75) is 18.5 Å². The number of carbonyl (C=O) groups is 1. The average Bonchev–Trinajstić information content (AvgIpc) is 3.54. The zero-order valence-electron chi connectivity index (χ0n) is 19.9. The Balaban J connectivity index is 1.26. The molecule has 0 bridgehead atoms. The molecule has 0 spiro atoms.